The van der Waals surface area contributed by atoms with Gasteiger partial charge in [-0.25, -0.2) is 19.2 Å². The van der Waals surface area contributed by atoms with E-state index in [4.69, 9.17) is 18.9 Å². The van der Waals surface area contributed by atoms with Crippen molar-refractivity contribution in [3.8, 4) is 11.5 Å². The standard InChI is InChI=1S/2C24H27N3O10S.2Na/c2*1-2-17(29)36-11-13-12-38-21-18(20(30)27(21)19(13)23(33)34)26-16(28)10-6-9-15(22(31)32)25-24(35)37-14-7-4-3-5-8-14;;/h2*3-5,7-8,15,18,21H,2,6,9-12H2,1H3,(H,25,35)(H,26,28)(H,31,32)(H,33,34);;/q;;2*+1/p-2/t2*15-,18?,21-;;/m11../s1. The molecule has 2 aromatic rings. The second-order valence-electron chi connectivity index (χ2n) is 16.7. The summed E-state index contributed by atoms with van der Waals surface area (Å²) in [6.45, 7) is 2.61. The van der Waals surface area contributed by atoms with Crippen LogP contribution in [0, 0.1) is 0 Å². The van der Waals surface area contributed by atoms with E-state index in [1.807, 2.05) is 0 Å². The number of carbonyl (C=O) groups is 12. The van der Waals surface area contributed by atoms with Crippen LogP contribution in [0.15, 0.2) is 83.2 Å². The quantitative estimate of drug-likeness (QED) is 0.0323. The maximum atomic E-state index is 12.7. The molecule has 2 fully saturated rings. The molecule has 2 unspecified atom stereocenters. The minimum atomic E-state index is -1.59. The largest absolute Gasteiger partial charge is 1.00 e. The monoisotopic (exact) mass is 1140 g/mol. The zero-order valence-electron chi connectivity index (χ0n) is 42.7. The summed E-state index contributed by atoms with van der Waals surface area (Å²) in [4.78, 5) is 145. The number of rotatable bonds is 24. The molecule has 0 saturated carbocycles. The van der Waals surface area contributed by atoms with Gasteiger partial charge in [0.15, 0.2) is 0 Å². The van der Waals surface area contributed by atoms with Crippen LogP contribution in [0.1, 0.15) is 65.2 Å². The summed E-state index contributed by atoms with van der Waals surface area (Å²) in [6, 6.07) is 11.6. The molecule has 0 aliphatic carbocycles. The summed E-state index contributed by atoms with van der Waals surface area (Å²) in [5.41, 5.74) is -0.287. The Hall–Kier alpha value is -6.14. The number of carboxylic acids is 4. The van der Waals surface area contributed by atoms with Gasteiger partial charge in [-0.05, 0) is 49.9 Å². The molecule has 408 valence electrons. The Morgan fingerprint density at radius 1 is 0.603 bits per heavy atom. The van der Waals surface area contributed by atoms with Gasteiger partial charge >= 0.3 is 95.2 Å². The van der Waals surface area contributed by atoms with E-state index < -0.39 is 107 Å². The Bertz CT molecular complexity index is 2470. The molecule has 6 atom stereocenters. The number of hydrogen-bond donors (Lipinski definition) is 6. The number of ether oxygens (including phenoxy) is 4. The Kier molecular flexibility index (Phi) is 27.2. The van der Waals surface area contributed by atoms with Gasteiger partial charge in [-0.2, -0.15) is 0 Å². The van der Waals surface area contributed by atoms with Gasteiger partial charge in [-0.1, -0.05) is 50.2 Å². The number of β-lactam (4-membered cyclic amide) rings is 2. The maximum Gasteiger partial charge on any atom is 1.00 e. The second kappa shape index (κ2) is 32.1. The maximum absolute atomic E-state index is 12.7. The molecule has 2 aromatic carbocycles. The van der Waals surface area contributed by atoms with Crippen molar-refractivity contribution in [2.75, 3.05) is 24.7 Å². The predicted molar refractivity (Wildman–Crippen MR) is 258 cm³/mol. The fraction of sp³-hybridized carbons (Fsp3) is 0.417. The van der Waals surface area contributed by atoms with Crippen LogP contribution >= 0.6 is 23.5 Å². The van der Waals surface area contributed by atoms with Gasteiger partial charge in [0.1, 0.15) is 59.6 Å². The molecule has 0 bridgehead atoms. The molecule has 0 spiro atoms. The third kappa shape index (κ3) is 18.5. The summed E-state index contributed by atoms with van der Waals surface area (Å²) >= 11 is 2.41. The molecule has 0 radical (unpaired) electrons. The molecule has 6 rings (SSSR count). The molecule has 78 heavy (non-hydrogen) atoms. The van der Waals surface area contributed by atoms with Crippen molar-refractivity contribution < 1.29 is 156 Å². The van der Waals surface area contributed by atoms with Crippen LogP contribution in [-0.2, 0) is 57.4 Å². The number of thioether (sulfide) groups is 2. The van der Waals surface area contributed by atoms with Crippen LogP contribution in [0.3, 0.4) is 0 Å². The molecule has 4 heterocycles. The van der Waals surface area contributed by atoms with Crippen molar-refractivity contribution in [2.24, 2.45) is 0 Å². The van der Waals surface area contributed by atoms with Gasteiger partial charge in [-0.15, -0.1) is 23.5 Å². The van der Waals surface area contributed by atoms with E-state index in [9.17, 15) is 78.0 Å². The number of carboxylic acid groups (broad SMARTS) is 4. The van der Waals surface area contributed by atoms with Crippen molar-refractivity contribution in [3.05, 3.63) is 83.2 Å². The van der Waals surface area contributed by atoms with Crippen LogP contribution < -0.4 is 100 Å². The first kappa shape index (κ1) is 66.1. The predicted octanol–water partition coefficient (Wildman–Crippen LogP) is -6.48. The first-order valence-corrected chi connectivity index (χ1v) is 25.5. The number of esters is 2. The zero-order chi connectivity index (χ0) is 55.6. The Labute approximate surface area is 498 Å². The number of hydrogen-bond acceptors (Lipinski definition) is 20. The number of fused-ring (bicyclic) bond motifs is 2. The van der Waals surface area contributed by atoms with E-state index in [0.717, 1.165) is 9.80 Å². The van der Waals surface area contributed by atoms with Crippen LogP contribution in [0.4, 0.5) is 9.59 Å². The number of carbonyl (C=O) groups excluding carboxylic acids is 10. The van der Waals surface area contributed by atoms with Gasteiger partial charge in [0.25, 0.3) is 11.8 Å². The van der Waals surface area contributed by atoms with Crippen molar-refractivity contribution in [1.82, 2.24) is 31.1 Å². The Balaban J connectivity index is 0.000000400. The summed E-state index contributed by atoms with van der Waals surface area (Å²) in [5.74, 6) is -8.42. The van der Waals surface area contributed by atoms with Crippen LogP contribution in [-0.4, -0.2) is 151 Å². The minimum Gasteiger partial charge on any atom is -0.543 e. The zero-order valence-corrected chi connectivity index (χ0v) is 48.3. The molecular weight excluding hydrogens is 1090 g/mol. The van der Waals surface area contributed by atoms with E-state index in [2.05, 4.69) is 21.3 Å². The van der Waals surface area contributed by atoms with E-state index in [1.54, 1.807) is 50.2 Å². The van der Waals surface area contributed by atoms with Crippen LogP contribution in [0.5, 0.6) is 11.5 Å². The molecule has 2 saturated heterocycles. The first-order valence-electron chi connectivity index (χ1n) is 23.4. The van der Waals surface area contributed by atoms with E-state index in [-0.39, 0.29) is 169 Å². The minimum absolute atomic E-state index is 0. The molecule has 6 amide bonds. The normalized spacial score (nSPS) is 18.5. The average Bonchev–Trinajstić information content (AvgIpc) is 3.49. The van der Waals surface area contributed by atoms with Crippen molar-refractivity contribution in [1.29, 1.82) is 0 Å². The third-order valence-corrected chi connectivity index (χ3v) is 14.1. The fourth-order valence-electron chi connectivity index (χ4n) is 7.58. The van der Waals surface area contributed by atoms with Crippen LogP contribution in [0.25, 0.3) is 0 Å². The van der Waals surface area contributed by atoms with E-state index in [1.165, 1.54) is 47.8 Å². The van der Waals surface area contributed by atoms with Gasteiger partial charge < -0.3 is 70.2 Å². The summed E-state index contributed by atoms with van der Waals surface area (Å²) in [7, 11) is 0. The van der Waals surface area contributed by atoms with Gasteiger partial charge in [0.2, 0.25) is 11.8 Å². The summed E-state index contributed by atoms with van der Waals surface area (Å²) in [6.07, 6.45) is -1.96. The van der Waals surface area contributed by atoms with E-state index in [0.29, 0.717) is 0 Å². The number of nitrogens with one attached hydrogen (secondary N) is 4. The average molecular weight is 1140 g/mol. The van der Waals surface area contributed by atoms with Gasteiger partial charge in [0.05, 0.1) is 23.3 Å². The number of nitrogens with zero attached hydrogens (tertiary/aromatic N) is 2. The fourth-order valence-corrected chi connectivity index (χ4v) is 10.2. The molecular formula is C48H52N6Na2O20S2. The third-order valence-electron chi connectivity index (χ3n) is 11.4. The SMILES string of the molecule is CCC(=O)OCC1=C(C(=O)[O-])N2C(=O)C(NC(=O)CCC[C@@H](NC(=O)Oc3ccccc3)C(=O)O)[C@H]2SC1.CCC(=O)OCC1=C(C(=O)[O-])N2C(=O)C(NC(=O)CCC[C@@H](NC(=O)Oc3ccccc3)C(=O)O)[C@H]2SC1.[Na+].[Na+]. The molecule has 0 aromatic heterocycles. The molecule has 6 N–H and O–H groups in total. The number of amides is 6. The second-order valence-corrected chi connectivity index (χ2v) is 18.9. The van der Waals surface area contributed by atoms with Gasteiger partial charge in [-0.3, -0.25) is 38.6 Å². The molecule has 30 heteroatoms. The van der Waals surface area contributed by atoms with Crippen molar-refractivity contribution in [3.63, 3.8) is 0 Å². The number of benzene rings is 2. The smallest absolute Gasteiger partial charge is 0.543 e. The van der Waals surface area contributed by atoms with E-state index >= 15 is 0 Å². The first-order chi connectivity index (χ1) is 36.2. The number of aliphatic carboxylic acids is 4. The Morgan fingerprint density at radius 2 is 0.949 bits per heavy atom. The molecule has 4 aliphatic rings. The van der Waals surface area contributed by atoms with Crippen LogP contribution in [0.2, 0.25) is 0 Å². The summed E-state index contributed by atoms with van der Waals surface area (Å²) < 4.78 is 20.0. The van der Waals surface area contributed by atoms with Gasteiger partial charge in [0, 0.05) is 48.3 Å². The molecule has 4 aliphatic heterocycles. The van der Waals surface area contributed by atoms with Crippen molar-refractivity contribution >= 4 is 95.2 Å². The Morgan fingerprint density at radius 3 is 1.26 bits per heavy atom. The molecule has 26 nitrogen and oxygen atoms in total. The topological polar surface area (TPSA) is 383 Å². The summed E-state index contributed by atoms with van der Waals surface area (Å²) in [5, 5.41) is 50.3. The van der Waals surface area contributed by atoms with Crippen molar-refractivity contribution in [2.45, 2.75) is 100 Å². The number of para-hydroxylation sites is 2.